The molecule has 0 rings (SSSR count). The van der Waals surface area contributed by atoms with Crippen molar-refractivity contribution in [3.05, 3.63) is 0 Å². The minimum atomic E-state index is -0.350. The van der Waals surface area contributed by atoms with E-state index in [-0.39, 0.29) is 11.7 Å². The van der Waals surface area contributed by atoms with E-state index in [2.05, 4.69) is 0 Å². The average Bonchev–Trinajstić information content (AvgIpc) is 1.68. The number of halogens is 2. The van der Waals surface area contributed by atoms with Crippen LogP contribution < -0.4 is 0 Å². The van der Waals surface area contributed by atoms with Crippen molar-refractivity contribution in [1.29, 1.82) is 0 Å². The fraction of sp³-hybridized carbons (Fsp3) is 0.250. The first-order chi connectivity index (χ1) is 3.31. The van der Waals surface area contributed by atoms with Crippen molar-refractivity contribution >= 4 is 29.0 Å². The third-order valence-corrected chi connectivity index (χ3v) is 0.645. The van der Waals surface area contributed by atoms with E-state index in [0.29, 0.717) is 0 Å². The molecule has 0 atom stereocenters. The monoisotopic (exact) mass is 136 g/mol. The molecule has 1 nitrogen and oxygen atoms in total. The van der Waals surface area contributed by atoms with Gasteiger partial charge in [0.05, 0.1) is 5.88 Å². The molecule has 0 bridgehead atoms. The second-order valence-corrected chi connectivity index (χ2v) is 1.23. The van der Waals surface area contributed by atoms with Crippen LogP contribution in [0.25, 0.3) is 0 Å². The molecule has 7 heavy (non-hydrogen) atoms. The maximum absolute atomic E-state index is 10.0. The van der Waals surface area contributed by atoms with Gasteiger partial charge in [0.15, 0.2) is 0 Å². The number of carbonyl (C=O) groups excluding carboxylic acids is 1. The van der Waals surface area contributed by atoms with Gasteiger partial charge >= 0.3 is 0 Å². The van der Waals surface area contributed by atoms with E-state index in [1.807, 2.05) is 11.3 Å². The third-order valence-electron chi connectivity index (χ3n) is 0.308. The van der Waals surface area contributed by atoms with Gasteiger partial charge in [-0.05, 0) is 17.5 Å². The fourth-order valence-corrected chi connectivity index (χ4v) is 0.258. The normalized spacial score (nSPS) is 6.57. The number of ketones is 1. The first-order valence-electron chi connectivity index (χ1n) is 1.51. The number of hydrogen-bond acceptors (Lipinski definition) is 1. The molecule has 0 unspecified atom stereocenters. The SMILES string of the molecule is O=C(C#CCl)CCl. The Bertz CT molecular complexity index is 119. The standard InChI is InChI=1S/C4H2Cl2O/c5-2-1-4(7)3-6/h3H2. The highest BCUT2D eigenvalue weighted by Crippen LogP contribution is 1.75. The predicted molar refractivity (Wildman–Crippen MR) is 29.4 cm³/mol. The highest BCUT2D eigenvalue weighted by molar-refractivity contribution is 6.35. The molecule has 0 fully saturated rings. The second kappa shape index (κ2) is 3.98. The molecule has 0 aliphatic heterocycles. The van der Waals surface area contributed by atoms with E-state index < -0.39 is 0 Å². The molecular formula is C4H2Cl2O. The van der Waals surface area contributed by atoms with Gasteiger partial charge in [0.2, 0.25) is 5.78 Å². The second-order valence-electron chi connectivity index (χ2n) is 0.776. The summed E-state index contributed by atoms with van der Waals surface area (Å²) < 4.78 is 0. The van der Waals surface area contributed by atoms with Crippen molar-refractivity contribution < 1.29 is 4.79 Å². The van der Waals surface area contributed by atoms with Gasteiger partial charge in [0.1, 0.15) is 0 Å². The largest absolute Gasteiger partial charge is 0.283 e. The van der Waals surface area contributed by atoms with Crippen LogP contribution in [-0.4, -0.2) is 11.7 Å². The average molecular weight is 137 g/mol. The summed E-state index contributed by atoms with van der Waals surface area (Å²) in [5.41, 5.74) is 0. The Labute approximate surface area is 51.6 Å². The zero-order chi connectivity index (χ0) is 5.70. The minimum Gasteiger partial charge on any atom is -0.283 e. The Kier molecular flexibility index (Phi) is 3.87. The molecule has 0 heterocycles. The molecule has 0 N–H and O–H groups in total. The maximum Gasteiger partial charge on any atom is 0.221 e. The minimum absolute atomic E-state index is 0.0836. The first-order valence-corrected chi connectivity index (χ1v) is 2.43. The van der Waals surface area contributed by atoms with Crippen molar-refractivity contribution in [3.8, 4) is 11.3 Å². The van der Waals surface area contributed by atoms with E-state index in [1.54, 1.807) is 0 Å². The number of carbonyl (C=O) groups is 1. The number of Topliss-reactive ketones (excluding diaryl/α,β-unsaturated/α-hetero) is 1. The molecule has 0 saturated carbocycles. The third kappa shape index (κ3) is 3.65. The van der Waals surface area contributed by atoms with Crippen molar-refractivity contribution in [1.82, 2.24) is 0 Å². The lowest BCUT2D eigenvalue weighted by molar-refractivity contribution is -0.111. The van der Waals surface area contributed by atoms with E-state index in [0.717, 1.165) is 0 Å². The molecule has 0 radical (unpaired) electrons. The molecule has 0 spiro atoms. The molecule has 0 aromatic heterocycles. The van der Waals surface area contributed by atoms with Gasteiger partial charge < -0.3 is 0 Å². The summed E-state index contributed by atoms with van der Waals surface area (Å²) in [7, 11) is 0. The van der Waals surface area contributed by atoms with Crippen LogP contribution in [-0.2, 0) is 4.79 Å². The molecule has 0 aromatic carbocycles. The Morgan fingerprint density at radius 2 is 2.29 bits per heavy atom. The summed E-state index contributed by atoms with van der Waals surface area (Å²) in [5.74, 6) is 1.61. The predicted octanol–water partition coefficient (Wildman–Crippen LogP) is 0.994. The fourth-order valence-electron chi connectivity index (χ4n) is 0.0861. The van der Waals surface area contributed by atoms with E-state index in [1.165, 1.54) is 0 Å². The van der Waals surface area contributed by atoms with Crippen LogP contribution in [0.15, 0.2) is 0 Å². The van der Waals surface area contributed by atoms with Gasteiger partial charge in [0, 0.05) is 5.38 Å². The summed E-state index contributed by atoms with van der Waals surface area (Å²) in [4.78, 5) is 10.0. The summed E-state index contributed by atoms with van der Waals surface area (Å²) in [6, 6.07) is 0. The van der Waals surface area contributed by atoms with Gasteiger partial charge in [-0.15, -0.1) is 11.6 Å². The molecule has 0 aliphatic carbocycles. The smallest absolute Gasteiger partial charge is 0.221 e. The number of hydrogen-bond donors (Lipinski definition) is 0. The Balaban J connectivity index is 3.52. The molecule has 0 aromatic rings. The van der Waals surface area contributed by atoms with Crippen LogP contribution in [0.4, 0.5) is 0 Å². The topological polar surface area (TPSA) is 17.1 Å². The van der Waals surface area contributed by atoms with Crippen LogP contribution in [0.5, 0.6) is 0 Å². The highest BCUT2D eigenvalue weighted by atomic mass is 35.5. The summed E-state index contributed by atoms with van der Waals surface area (Å²) >= 11 is 9.85. The van der Waals surface area contributed by atoms with Gasteiger partial charge in [-0.25, -0.2) is 0 Å². The van der Waals surface area contributed by atoms with Crippen LogP contribution >= 0.6 is 23.2 Å². The molecule has 0 saturated heterocycles. The zero-order valence-electron chi connectivity index (χ0n) is 3.37. The lowest BCUT2D eigenvalue weighted by Crippen LogP contribution is -1.91. The van der Waals surface area contributed by atoms with Crippen LogP contribution in [0.3, 0.4) is 0 Å². The summed E-state index contributed by atoms with van der Waals surface area (Å²) in [6.07, 6.45) is 0. The molecular weight excluding hydrogens is 135 g/mol. The van der Waals surface area contributed by atoms with Crippen molar-refractivity contribution in [2.24, 2.45) is 0 Å². The molecule has 0 aliphatic rings. The van der Waals surface area contributed by atoms with Crippen LogP contribution in [0.2, 0.25) is 0 Å². The zero-order valence-corrected chi connectivity index (χ0v) is 4.88. The van der Waals surface area contributed by atoms with Gasteiger partial charge in [0.25, 0.3) is 0 Å². The van der Waals surface area contributed by atoms with E-state index in [4.69, 9.17) is 23.2 Å². The lowest BCUT2D eigenvalue weighted by atomic mass is 10.5. The van der Waals surface area contributed by atoms with Crippen molar-refractivity contribution in [2.45, 2.75) is 0 Å². The Morgan fingerprint density at radius 3 is 2.43 bits per heavy atom. The van der Waals surface area contributed by atoms with Crippen molar-refractivity contribution in [2.75, 3.05) is 5.88 Å². The lowest BCUT2D eigenvalue weighted by Gasteiger charge is -1.70. The maximum atomic E-state index is 10.0. The van der Waals surface area contributed by atoms with E-state index >= 15 is 0 Å². The molecule has 0 amide bonds. The quantitative estimate of drug-likeness (QED) is 0.389. The number of rotatable bonds is 1. The highest BCUT2D eigenvalue weighted by Gasteiger charge is 1.86. The van der Waals surface area contributed by atoms with E-state index in [9.17, 15) is 4.79 Å². The van der Waals surface area contributed by atoms with Gasteiger partial charge in [-0.2, -0.15) is 0 Å². The van der Waals surface area contributed by atoms with Crippen molar-refractivity contribution in [3.63, 3.8) is 0 Å². The van der Waals surface area contributed by atoms with Crippen LogP contribution in [0.1, 0.15) is 0 Å². The van der Waals surface area contributed by atoms with Gasteiger partial charge in [-0.1, -0.05) is 0 Å². The Hall–Kier alpha value is -0.190. The Morgan fingerprint density at radius 1 is 1.71 bits per heavy atom. The van der Waals surface area contributed by atoms with Gasteiger partial charge in [-0.3, -0.25) is 4.79 Å². The van der Waals surface area contributed by atoms with Crippen LogP contribution in [0, 0.1) is 11.3 Å². The molecule has 3 heteroatoms. The molecule has 38 valence electrons. The summed E-state index contributed by atoms with van der Waals surface area (Å²) in [6.45, 7) is 0. The first kappa shape index (κ1) is 6.81. The summed E-state index contributed by atoms with van der Waals surface area (Å²) in [5, 5.41) is 1.91. The number of alkyl halides is 1.